The molecule has 4 nitrogen and oxygen atoms in total. The second-order valence-electron chi connectivity index (χ2n) is 5.28. The Morgan fingerprint density at radius 3 is 2.39 bits per heavy atom. The van der Waals surface area contributed by atoms with E-state index >= 15 is 0 Å². The molecule has 1 saturated heterocycles. The van der Waals surface area contributed by atoms with Crippen LogP contribution >= 0.6 is 0 Å². The van der Waals surface area contributed by atoms with Crippen LogP contribution in [0.5, 0.6) is 0 Å². The van der Waals surface area contributed by atoms with Crippen LogP contribution in [0.3, 0.4) is 0 Å². The van der Waals surface area contributed by atoms with Gasteiger partial charge in [-0.05, 0) is 37.8 Å². The van der Waals surface area contributed by atoms with Gasteiger partial charge in [-0.3, -0.25) is 0 Å². The SMILES string of the molecule is CC(OS(=O)(=O)C(F)(F)F)=C1CC[C@@H](c2ccccc2)O[C@H]1C. The Balaban J connectivity index is 2.14. The normalized spacial score (nSPS) is 25.1. The summed E-state index contributed by atoms with van der Waals surface area (Å²) in [4.78, 5) is 0. The molecule has 2 rings (SSSR count). The second kappa shape index (κ2) is 6.52. The zero-order valence-corrected chi connectivity index (χ0v) is 13.4. The largest absolute Gasteiger partial charge is 0.534 e. The Morgan fingerprint density at radius 1 is 1.26 bits per heavy atom. The van der Waals surface area contributed by atoms with Crippen LogP contribution in [0.1, 0.15) is 38.4 Å². The summed E-state index contributed by atoms with van der Waals surface area (Å²) in [6, 6.07) is 9.44. The minimum absolute atomic E-state index is 0.179. The number of allylic oxidation sites excluding steroid dienone is 1. The molecule has 2 atom stereocenters. The summed E-state index contributed by atoms with van der Waals surface area (Å²) < 4.78 is 69.3. The van der Waals surface area contributed by atoms with Crippen molar-refractivity contribution in [2.24, 2.45) is 0 Å². The summed E-state index contributed by atoms with van der Waals surface area (Å²) in [6.45, 7) is 2.87. The highest BCUT2D eigenvalue weighted by atomic mass is 32.2. The maximum Gasteiger partial charge on any atom is 0.534 e. The molecule has 0 N–H and O–H groups in total. The van der Waals surface area contributed by atoms with E-state index in [0.29, 0.717) is 18.4 Å². The average molecular weight is 350 g/mol. The van der Waals surface area contributed by atoms with Gasteiger partial charge in [0.25, 0.3) is 0 Å². The molecule has 0 saturated carbocycles. The number of halogens is 3. The molecule has 0 spiro atoms. The van der Waals surface area contributed by atoms with Crippen molar-refractivity contribution in [2.45, 2.75) is 44.4 Å². The van der Waals surface area contributed by atoms with E-state index in [0.717, 1.165) is 5.56 Å². The van der Waals surface area contributed by atoms with Crippen LogP contribution in [0, 0.1) is 0 Å². The molecule has 0 aliphatic carbocycles. The van der Waals surface area contributed by atoms with Crippen molar-refractivity contribution < 1.29 is 30.5 Å². The molecule has 8 heteroatoms. The molecular formula is C15H17F3O4S. The molecule has 23 heavy (non-hydrogen) atoms. The van der Waals surface area contributed by atoms with Gasteiger partial charge in [-0.15, -0.1) is 0 Å². The van der Waals surface area contributed by atoms with E-state index in [2.05, 4.69) is 4.18 Å². The number of ether oxygens (including phenoxy) is 1. The van der Waals surface area contributed by atoms with Gasteiger partial charge in [-0.2, -0.15) is 21.6 Å². The third-order valence-electron chi connectivity index (χ3n) is 3.68. The maximum absolute atomic E-state index is 12.4. The minimum atomic E-state index is -5.65. The van der Waals surface area contributed by atoms with Crippen molar-refractivity contribution >= 4 is 10.1 Å². The van der Waals surface area contributed by atoms with E-state index in [1.807, 2.05) is 30.3 Å². The van der Waals surface area contributed by atoms with Crippen molar-refractivity contribution in [3.05, 3.63) is 47.2 Å². The Morgan fingerprint density at radius 2 is 1.87 bits per heavy atom. The van der Waals surface area contributed by atoms with Gasteiger partial charge in [0.2, 0.25) is 0 Å². The van der Waals surface area contributed by atoms with Gasteiger partial charge in [-0.1, -0.05) is 30.3 Å². The molecule has 1 aliphatic heterocycles. The van der Waals surface area contributed by atoms with Crippen LogP contribution in [-0.4, -0.2) is 20.0 Å². The minimum Gasteiger partial charge on any atom is -0.381 e. The van der Waals surface area contributed by atoms with Gasteiger partial charge in [0.1, 0.15) is 5.76 Å². The van der Waals surface area contributed by atoms with Crippen LogP contribution in [-0.2, 0) is 19.0 Å². The Labute approximate surface area is 133 Å². The molecule has 128 valence electrons. The second-order valence-corrected chi connectivity index (χ2v) is 6.82. The topological polar surface area (TPSA) is 52.6 Å². The first kappa shape index (κ1) is 17.8. The van der Waals surface area contributed by atoms with Crippen molar-refractivity contribution in [2.75, 3.05) is 0 Å². The third kappa shape index (κ3) is 4.06. The first-order chi connectivity index (χ1) is 10.6. The third-order valence-corrected chi connectivity index (χ3v) is 4.71. The van der Waals surface area contributed by atoms with Crippen LogP contribution in [0.15, 0.2) is 41.7 Å². The molecule has 1 aromatic rings. The molecule has 1 heterocycles. The zero-order valence-electron chi connectivity index (χ0n) is 12.6. The molecular weight excluding hydrogens is 333 g/mol. The van der Waals surface area contributed by atoms with Crippen LogP contribution < -0.4 is 0 Å². The van der Waals surface area contributed by atoms with Crippen molar-refractivity contribution in [1.29, 1.82) is 0 Å². The fraction of sp³-hybridized carbons (Fsp3) is 0.467. The first-order valence-corrected chi connectivity index (χ1v) is 8.43. The predicted molar refractivity (Wildman–Crippen MR) is 77.7 cm³/mol. The number of rotatable bonds is 3. The molecule has 0 unspecified atom stereocenters. The number of alkyl halides is 3. The highest BCUT2D eigenvalue weighted by Gasteiger charge is 2.48. The molecule has 0 amide bonds. The summed E-state index contributed by atoms with van der Waals surface area (Å²) in [5.74, 6) is -0.277. The fourth-order valence-corrected chi connectivity index (χ4v) is 3.06. The number of hydrogen-bond donors (Lipinski definition) is 0. The van der Waals surface area contributed by atoms with Gasteiger partial charge in [0, 0.05) is 0 Å². The Hall–Kier alpha value is -1.54. The fourth-order valence-electron chi connectivity index (χ4n) is 2.53. The van der Waals surface area contributed by atoms with Crippen molar-refractivity contribution in [3.63, 3.8) is 0 Å². The standard InChI is InChI=1S/C15H17F3O4S/c1-10-13(11(2)22-23(19,20)15(16,17)18)8-9-14(21-10)12-6-4-3-5-7-12/h3-7,10,14H,8-9H2,1-2H3/t10-,14-/m0/s1. The monoisotopic (exact) mass is 350 g/mol. The van der Waals surface area contributed by atoms with E-state index in [-0.39, 0.29) is 11.9 Å². The molecule has 1 aromatic carbocycles. The predicted octanol–water partition coefficient (Wildman–Crippen LogP) is 4.07. The van der Waals surface area contributed by atoms with E-state index in [9.17, 15) is 21.6 Å². The van der Waals surface area contributed by atoms with E-state index in [1.165, 1.54) is 6.92 Å². The van der Waals surface area contributed by atoms with Crippen molar-refractivity contribution in [1.82, 2.24) is 0 Å². The number of hydrogen-bond acceptors (Lipinski definition) is 4. The zero-order chi connectivity index (χ0) is 17.3. The summed E-state index contributed by atoms with van der Waals surface area (Å²) in [5.41, 5.74) is -4.05. The van der Waals surface area contributed by atoms with Gasteiger partial charge in [0.05, 0.1) is 12.2 Å². The molecule has 0 radical (unpaired) electrons. The van der Waals surface area contributed by atoms with Crippen LogP contribution in [0.4, 0.5) is 13.2 Å². The van der Waals surface area contributed by atoms with Crippen LogP contribution in [0.2, 0.25) is 0 Å². The quantitative estimate of drug-likeness (QED) is 0.468. The summed E-state index contributed by atoms with van der Waals surface area (Å²) in [6.07, 6.45) is 0.232. The van der Waals surface area contributed by atoms with Gasteiger partial charge >= 0.3 is 15.6 Å². The molecule has 1 fully saturated rings. The lowest BCUT2D eigenvalue weighted by Crippen LogP contribution is -2.28. The molecule has 0 aromatic heterocycles. The van der Waals surface area contributed by atoms with Gasteiger partial charge < -0.3 is 8.92 Å². The Bertz CT molecular complexity index is 680. The summed E-state index contributed by atoms with van der Waals surface area (Å²) in [5, 5.41) is 0. The first-order valence-electron chi connectivity index (χ1n) is 7.02. The lowest BCUT2D eigenvalue weighted by molar-refractivity contribution is -0.0528. The average Bonchev–Trinajstić information content (AvgIpc) is 2.46. The summed E-state index contributed by atoms with van der Waals surface area (Å²) in [7, 11) is -5.65. The Kier molecular flexibility index (Phi) is 5.05. The highest BCUT2D eigenvalue weighted by Crippen LogP contribution is 2.36. The molecule has 1 aliphatic rings. The van der Waals surface area contributed by atoms with E-state index < -0.39 is 21.7 Å². The smallest absolute Gasteiger partial charge is 0.381 e. The van der Waals surface area contributed by atoms with E-state index in [1.54, 1.807) is 6.92 Å². The lowest BCUT2D eigenvalue weighted by atomic mass is 9.94. The lowest BCUT2D eigenvalue weighted by Gasteiger charge is -2.31. The summed E-state index contributed by atoms with van der Waals surface area (Å²) >= 11 is 0. The number of benzene rings is 1. The van der Waals surface area contributed by atoms with Crippen LogP contribution in [0.25, 0.3) is 0 Å². The molecule has 0 bridgehead atoms. The highest BCUT2D eigenvalue weighted by molar-refractivity contribution is 7.87. The van der Waals surface area contributed by atoms with Gasteiger partial charge in [0.15, 0.2) is 0 Å². The van der Waals surface area contributed by atoms with Gasteiger partial charge in [-0.25, -0.2) is 0 Å². The maximum atomic E-state index is 12.4. The van der Waals surface area contributed by atoms with Crippen molar-refractivity contribution in [3.8, 4) is 0 Å². The van der Waals surface area contributed by atoms with E-state index in [4.69, 9.17) is 4.74 Å².